The van der Waals surface area contributed by atoms with Gasteiger partial charge in [0.1, 0.15) is 34.8 Å². The van der Waals surface area contributed by atoms with E-state index in [0.717, 1.165) is 27.9 Å². The summed E-state index contributed by atoms with van der Waals surface area (Å²) in [5, 5.41) is 9.04. The summed E-state index contributed by atoms with van der Waals surface area (Å²) >= 11 is 0. The number of aromatic nitrogens is 3. The minimum absolute atomic E-state index is 0.376. The van der Waals surface area contributed by atoms with Crippen LogP contribution >= 0.6 is 0 Å². The number of carbonyl (C=O) groups is 1. The number of methoxy groups -OCH3 is 1. The summed E-state index contributed by atoms with van der Waals surface area (Å²) in [6, 6.07) is 27.6. The molecule has 0 saturated carbocycles. The molecule has 5 rings (SSSR count). The molecule has 0 aliphatic rings. The predicted molar refractivity (Wildman–Crippen MR) is 132 cm³/mol. The van der Waals surface area contributed by atoms with E-state index in [1.54, 1.807) is 37.4 Å². The van der Waals surface area contributed by atoms with Crippen LogP contribution in [0.1, 0.15) is 21.5 Å². The maximum atomic E-state index is 12.9. The molecule has 0 atom stereocenters. The first-order valence-corrected chi connectivity index (χ1v) is 11.1. The van der Waals surface area contributed by atoms with E-state index in [-0.39, 0.29) is 0 Å². The van der Waals surface area contributed by atoms with Crippen molar-refractivity contribution in [3.63, 3.8) is 0 Å². The van der Waals surface area contributed by atoms with Crippen molar-refractivity contribution in [3.05, 3.63) is 108 Å². The van der Waals surface area contributed by atoms with Gasteiger partial charge < -0.3 is 14.2 Å². The molecule has 0 N–H and O–H groups in total. The average molecular weight is 466 g/mol. The highest BCUT2D eigenvalue weighted by Gasteiger charge is 2.15. The van der Waals surface area contributed by atoms with Gasteiger partial charge in [-0.25, -0.2) is 4.79 Å². The zero-order valence-corrected chi connectivity index (χ0v) is 19.3. The second-order valence-corrected chi connectivity index (χ2v) is 8.00. The van der Waals surface area contributed by atoms with Gasteiger partial charge in [0, 0.05) is 0 Å². The van der Waals surface area contributed by atoms with Gasteiger partial charge in [-0.3, -0.25) is 0 Å². The van der Waals surface area contributed by atoms with Crippen molar-refractivity contribution >= 4 is 17.0 Å². The molecule has 0 unspecified atom stereocenters. The number of benzene rings is 4. The Morgan fingerprint density at radius 3 is 2.14 bits per heavy atom. The van der Waals surface area contributed by atoms with E-state index in [1.165, 1.54) is 4.80 Å². The van der Waals surface area contributed by atoms with Crippen molar-refractivity contribution in [2.75, 3.05) is 7.11 Å². The molecule has 0 aliphatic carbocycles. The molecule has 35 heavy (non-hydrogen) atoms. The first-order valence-electron chi connectivity index (χ1n) is 11.1. The van der Waals surface area contributed by atoms with Gasteiger partial charge in [0.15, 0.2) is 5.75 Å². The van der Waals surface area contributed by atoms with Crippen LogP contribution in [0.25, 0.3) is 16.7 Å². The maximum absolute atomic E-state index is 12.9. The van der Waals surface area contributed by atoms with Crippen molar-refractivity contribution in [2.45, 2.75) is 13.5 Å². The molecule has 0 saturated heterocycles. The molecule has 0 amide bonds. The predicted octanol–water partition coefficient (Wildman–Crippen LogP) is 5.54. The Labute approximate surface area is 202 Å². The lowest BCUT2D eigenvalue weighted by Gasteiger charge is -2.11. The maximum Gasteiger partial charge on any atom is 0.343 e. The summed E-state index contributed by atoms with van der Waals surface area (Å²) in [4.78, 5) is 14.4. The number of ether oxygens (including phenoxy) is 3. The van der Waals surface area contributed by atoms with Crippen LogP contribution in [-0.4, -0.2) is 28.1 Å². The zero-order valence-electron chi connectivity index (χ0n) is 19.3. The Bertz CT molecular complexity index is 1440. The van der Waals surface area contributed by atoms with Crippen molar-refractivity contribution in [3.8, 4) is 22.9 Å². The van der Waals surface area contributed by atoms with Gasteiger partial charge in [-0.15, -0.1) is 15.0 Å². The fourth-order valence-electron chi connectivity index (χ4n) is 3.57. The number of fused-ring (bicyclic) bond motifs is 1. The van der Waals surface area contributed by atoms with E-state index in [9.17, 15) is 4.79 Å². The Morgan fingerprint density at radius 2 is 1.49 bits per heavy atom. The van der Waals surface area contributed by atoms with Crippen LogP contribution in [0.4, 0.5) is 0 Å². The third-order valence-corrected chi connectivity index (χ3v) is 5.47. The largest absolute Gasteiger partial charge is 0.497 e. The minimum Gasteiger partial charge on any atom is -0.497 e. The fraction of sp³-hybridized carbons (Fsp3) is 0.107. The quantitative estimate of drug-likeness (QED) is 0.232. The van der Waals surface area contributed by atoms with E-state index >= 15 is 0 Å². The molecule has 1 heterocycles. The van der Waals surface area contributed by atoms with Crippen LogP contribution in [0.2, 0.25) is 0 Å². The standard InChI is InChI=1S/C28H23N3O4/c1-19-7-16-27(26(17-19)31-29-24-5-3-4-6-25(24)30-31)35-28(32)21-10-14-23(15-11-21)34-18-20-8-12-22(33-2)13-9-20/h3-17H,18H2,1-2H3. The van der Waals surface area contributed by atoms with Gasteiger partial charge >= 0.3 is 5.97 Å². The lowest BCUT2D eigenvalue weighted by molar-refractivity contribution is 0.0734. The number of hydrogen-bond acceptors (Lipinski definition) is 6. The van der Waals surface area contributed by atoms with Crippen LogP contribution in [0.15, 0.2) is 91.0 Å². The normalized spacial score (nSPS) is 10.8. The summed E-state index contributed by atoms with van der Waals surface area (Å²) in [6.07, 6.45) is 0. The van der Waals surface area contributed by atoms with E-state index in [2.05, 4.69) is 10.2 Å². The van der Waals surface area contributed by atoms with Crippen LogP contribution in [0.5, 0.6) is 17.2 Å². The average Bonchev–Trinajstić information content (AvgIpc) is 3.33. The Hall–Kier alpha value is -4.65. The van der Waals surface area contributed by atoms with E-state index in [4.69, 9.17) is 14.2 Å². The molecule has 4 aromatic carbocycles. The van der Waals surface area contributed by atoms with Crippen molar-refractivity contribution in [2.24, 2.45) is 0 Å². The monoisotopic (exact) mass is 465 g/mol. The summed E-state index contributed by atoms with van der Waals surface area (Å²) in [5.41, 5.74) is 4.54. The molecule has 0 radical (unpaired) electrons. The second-order valence-electron chi connectivity index (χ2n) is 8.00. The van der Waals surface area contributed by atoms with Gasteiger partial charge in [0.25, 0.3) is 0 Å². The van der Waals surface area contributed by atoms with Crippen LogP contribution < -0.4 is 14.2 Å². The van der Waals surface area contributed by atoms with Crippen LogP contribution in [0, 0.1) is 6.92 Å². The molecular weight excluding hydrogens is 442 g/mol. The van der Waals surface area contributed by atoms with Crippen LogP contribution in [-0.2, 0) is 6.61 Å². The smallest absolute Gasteiger partial charge is 0.343 e. The van der Waals surface area contributed by atoms with Crippen molar-refractivity contribution < 1.29 is 19.0 Å². The topological polar surface area (TPSA) is 75.5 Å². The lowest BCUT2D eigenvalue weighted by atomic mass is 10.2. The van der Waals surface area contributed by atoms with E-state index < -0.39 is 5.97 Å². The first kappa shape index (κ1) is 22.2. The van der Waals surface area contributed by atoms with Crippen molar-refractivity contribution in [1.82, 2.24) is 15.0 Å². The minimum atomic E-state index is -0.478. The Kier molecular flexibility index (Phi) is 6.13. The highest BCUT2D eigenvalue weighted by atomic mass is 16.5. The molecule has 1 aromatic heterocycles. The summed E-state index contributed by atoms with van der Waals surface area (Å²) in [7, 11) is 1.63. The summed E-state index contributed by atoms with van der Waals surface area (Å²) < 4.78 is 16.7. The van der Waals surface area contributed by atoms with Crippen LogP contribution in [0.3, 0.4) is 0 Å². The van der Waals surface area contributed by atoms with E-state index in [0.29, 0.717) is 29.4 Å². The van der Waals surface area contributed by atoms with Gasteiger partial charge in [-0.05, 0) is 78.7 Å². The molecule has 7 nitrogen and oxygen atoms in total. The van der Waals surface area contributed by atoms with Crippen molar-refractivity contribution in [1.29, 1.82) is 0 Å². The number of hydrogen-bond donors (Lipinski definition) is 0. The Balaban J connectivity index is 1.29. The molecular formula is C28H23N3O4. The number of carbonyl (C=O) groups excluding carboxylic acids is 1. The Morgan fingerprint density at radius 1 is 0.829 bits per heavy atom. The molecule has 0 spiro atoms. The number of aryl methyl sites for hydroxylation is 1. The number of nitrogens with zero attached hydrogens (tertiary/aromatic N) is 3. The zero-order chi connectivity index (χ0) is 24.2. The third-order valence-electron chi connectivity index (χ3n) is 5.47. The molecule has 5 aromatic rings. The first-order chi connectivity index (χ1) is 17.1. The molecule has 174 valence electrons. The van der Waals surface area contributed by atoms with E-state index in [1.807, 2.05) is 67.6 Å². The SMILES string of the molecule is COc1ccc(COc2ccc(C(=O)Oc3ccc(C)cc3-n3nc4ccccc4n3)cc2)cc1. The number of esters is 1. The summed E-state index contributed by atoms with van der Waals surface area (Å²) in [6.45, 7) is 2.37. The second kappa shape index (κ2) is 9.69. The fourth-order valence-corrected chi connectivity index (χ4v) is 3.57. The molecule has 0 fully saturated rings. The highest BCUT2D eigenvalue weighted by Crippen LogP contribution is 2.26. The van der Waals surface area contributed by atoms with Gasteiger partial charge in [0.2, 0.25) is 0 Å². The number of rotatable bonds is 7. The lowest BCUT2D eigenvalue weighted by Crippen LogP contribution is -2.11. The molecule has 7 heteroatoms. The third kappa shape index (κ3) is 4.99. The summed E-state index contributed by atoms with van der Waals surface area (Å²) in [5.74, 6) is 1.35. The highest BCUT2D eigenvalue weighted by molar-refractivity contribution is 5.91. The van der Waals surface area contributed by atoms with Gasteiger partial charge in [0.05, 0.1) is 12.7 Å². The van der Waals surface area contributed by atoms with Gasteiger partial charge in [-0.2, -0.15) is 0 Å². The molecule has 0 aliphatic heterocycles. The van der Waals surface area contributed by atoms with Gasteiger partial charge in [-0.1, -0.05) is 30.3 Å². The molecule has 0 bridgehead atoms.